The van der Waals surface area contributed by atoms with Crippen LogP contribution in [0.1, 0.15) is 67.4 Å². The number of rotatable bonds is 10. The van der Waals surface area contributed by atoms with Gasteiger partial charge in [0, 0.05) is 60.4 Å². The minimum absolute atomic E-state index is 0. The van der Waals surface area contributed by atoms with E-state index in [0.29, 0.717) is 22.6 Å². The molecule has 2 aliphatic rings. The molecule has 10 nitrogen and oxygen atoms in total. The largest absolute Gasteiger partial charge is 0.489 e. The molecule has 306 valence electrons. The van der Waals surface area contributed by atoms with E-state index in [-0.39, 0.29) is 98.7 Å². The van der Waals surface area contributed by atoms with Gasteiger partial charge >= 0.3 is 5.97 Å². The lowest BCUT2D eigenvalue weighted by Crippen LogP contribution is -2.35. The van der Waals surface area contributed by atoms with Crippen LogP contribution in [0.2, 0.25) is 0 Å². The zero-order valence-electron chi connectivity index (χ0n) is 29.9. The van der Waals surface area contributed by atoms with E-state index in [1.54, 1.807) is 36.4 Å². The molecule has 0 radical (unpaired) electrons. The first kappa shape index (κ1) is 51.7. The molecule has 6 atom stereocenters. The molecule has 6 rings (SSSR count). The molecule has 0 bridgehead atoms. The van der Waals surface area contributed by atoms with Crippen LogP contribution in [0.3, 0.4) is 0 Å². The molecule has 2 amide bonds. The maximum Gasteiger partial charge on any atom is 0.323 e. The normalized spacial score (nSPS) is 18.4. The fourth-order valence-corrected chi connectivity index (χ4v) is 7.34. The monoisotopic (exact) mass is 1150 g/mol. The number of methoxy groups -OCH3 is 1. The Bertz CT molecular complexity index is 1790. The number of esters is 1. The number of ether oxygens (including phenoxy) is 3. The summed E-state index contributed by atoms with van der Waals surface area (Å²) < 4.78 is 47.3. The predicted molar refractivity (Wildman–Crippen MR) is 251 cm³/mol. The van der Waals surface area contributed by atoms with Gasteiger partial charge < -0.3 is 25.7 Å². The van der Waals surface area contributed by atoms with Crippen LogP contribution >= 0.6 is 80.0 Å². The van der Waals surface area contributed by atoms with Crippen molar-refractivity contribution in [2.45, 2.75) is 70.5 Å². The van der Waals surface area contributed by atoms with Gasteiger partial charge in [0.1, 0.15) is 42.4 Å². The number of hydrogen-bond donors (Lipinski definition) is 2. The quantitative estimate of drug-likeness (QED) is 0.0695. The molecule has 2 saturated heterocycles. The predicted octanol–water partition coefficient (Wildman–Crippen LogP) is 9.19. The first-order valence-corrected chi connectivity index (χ1v) is 24.0. The Morgan fingerprint density at radius 2 is 1.09 bits per heavy atom. The summed E-state index contributed by atoms with van der Waals surface area (Å²) in [6.45, 7) is 0.380. The summed E-state index contributed by atoms with van der Waals surface area (Å²) in [5.41, 5.74) is 12.8. The summed E-state index contributed by atoms with van der Waals surface area (Å²) in [4.78, 5) is 31.8. The van der Waals surface area contributed by atoms with Crippen molar-refractivity contribution in [1.29, 1.82) is 0 Å². The number of nitrogens with zero attached hydrogens (tertiary/aromatic N) is 2. The van der Waals surface area contributed by atoms with Crippen LogP contribution in [0.15, 0.2) is 97.1 Å². The van der Waals surface area contributed by atoms with E-state index in [9.17, 15) is 18.4 Å². The molecule has 4 aromatic rings. The van der Waals surface area contributed by atoms with E-state index in [2.05, 4.69) is 61.7 Å². The highest BCUT2D eigenvalue weighted by Gasteiger charge is 2.37. The van der Waals surface area contributed by atoms with Gasteiger partial charge in [0.05, 0.1) is 13.2 Å². The van der Waals surface area contributed by atoms with E-state index in [4.69, 9.17) is 24.7 Å². The summed E-state index contributed by atoms with van der Waals surface area (Å²) >= 11 is 4.24. The van der Waals surface area contributed by atoms with Crippen LogP contribution in [0.4, 0.5) is 8.78 Å². The molecule has 56 heavy (non-hydrogen) atoms. The van der Waals surface area contributed by atoms with Gasteiger partial charge in [0.15, 0.2) is 0 Å². The van der Waals surface area contributed by atoms with Gasteiger partial charge in [-0.15, -0.1) is 24.0 Å². The molecule has 17 heteroatoms. The van der Waals surface area contributed by atoms with Gasteiger partial charge in [-0.1, -0.05) is 86.9 Å². The Balaban J connectivity index is 0.000000487. The Kier molecular flexibility index (Phi) is 25.3. The van der Waals surface area contributed by atoms with Gasteiger partial charge in [0.25, 0.3) is 0 Å². The maximum absolute atomic E-state index is 13.6. The number of carbonyl (C=O) groups is 3. The SMILES string of the molecule is C.COC(=O)[C@@H]1CC[C@H](c2ccc(OCc3ccccc3F)cc2)N1P.I.II.NC(=O)[C@@H]1CC[C@H](c2ccc(OCc3ccccc3F)cc2)N1P.NC=O. The minimum atomic E-state index is -0.294. The van der Waals surface area contributed by atoms with Crippen molar-refractivity contribution in [3.05, 3.63) is 131 Å². The first-order chi connectivity index (χ1) is 26.1. The zero-order chi connectivity index (χ0) is 39.6. The number of amides is 2. The summed E-state index contributed by atoms with van der Waals surface area (Å²) in [6.07, 6.45) is 3.55. The van der Waals surface area contributed by atoms with Gasteiger partial charge in [-0.05, 0) is 73.2 Å². The van der Waals surface area contributed by atoms with Crippen molar-refractivity contribution >= 4 is 98.3 Å². The van der Waals surface area contributed by atoms with Crippen molar-refractivity contribution in [3.63, 3.8) is 0 Å². The average molecular weight is 1150 g/mol. The van der Waals surface area contributed by atoms with Crippen LogP contribution in [0.25, 0.3) is 0 Å². The fraction of sp³-hybridized carbons (Fsp3) is 0.308. The fourth-order valence-electron chi connectivity index (χ4n) is 6.13. The van der Waals surface area contributed by atoms with Gasteiger partial charge in [-0.25, -0.2) is 8.78 Å². The molecular weight excluding hydrogens is 1100 g/mol. The number of benzene rings is 4. The van der Waals surface area contributed by atoms with Crippen LogP contribution in [-0.2, 0) is 32.3 Å². The van der Waals surface area contributed by atoms with E-state index in [1.807, 2.05) is 57.9 Å². The van der Waals surface area contributed by atoms with Crippen molar-refractivity contribution < 1.29 is 37.4 Å². The Hall–Kier alpha value is -2.28. The second-order valence-corrected chi connectivity index (χ2v) is 13.3. The third-order valence-corrected chi connectivity index (χ3v) is 10.3. The smallest absolute Gasteiger partial charge is 0.323 e. The molecule has 2 unspecified atom stereocenters. The topological polar surface area (TPSA) is 137 Å². The third kappa shape index (κ3) is 15.1. The number of halogens is 5. The Labute approximate surface area is 373 Å². The van der Waals surface area contributed by atoms with Gasteiger partial charge in [-0.3, -0.25) is 23.7 Å². The lowest BCUT2D eigenvalue weighted by molar-refractivity contribution is -0.144. The first-order valence-electron chi connectivity index (χ1n) is 16.7. The van der Waals surface area contributed by atoms with Crippen LogP contribution < -0.4 is 20.9 Å². The Morgan fingerprint density at radius 1 is 0.732 bits per heavy atom. The minimum Gasteiger partial charge on any atom is -0.489 e. The van der Waals surface area contributed by atoms with Crippen LogP contribution in [-0.4, -0.2) is 46.8 Å². The zero-order valence-corrected chi connectivity index (χ0v) is 38.9. The molecule has 0 saturated carbocycles. The van der Waals surface area contributed by atoms with Crippen molar-refractivity contribution in [1.82, 2.24) is 9.34 Å². The highest BCUT2D eigenvalue weighted by atomic mass is 128. The molecule has 4 aromatic carbocycles. The van der Waals surface area contributed by atoms with Gasteiger partial charge in [-0.2, -0.15) is 0 Å². The summed E-state index contributed by atoms with van der Waals surface area (Å²) in [5, 5.41) is 0. The van der Waals surface area contributed by atoms with Gasteiger partial charge in [0.2, 0.25) is 12.3 Å². The molecule has 4 N–H and O–H groups in total. The summed E-state index contributed by atoms with van der Waals surface area (Å²) in [5.74, 6) is 0.333. The number of hydrogen-bond acceptors (Lipinski definition) is 8. The molecular formula is C39H49F2I3N4O6P2. The van der Waals surface area contributed by atoms with Crippen molar-refractivity contribution in [3.8, 4) is 11.5 Å². The lowest BCUT2D eigenvalue weighted by atomic mass is 10.1. The Morgan fingerprint density at radius 3 is 1.43 bits per heavy atom. The van der Waals surface area contributed by atoms with Crippen LogP contribution in [0, 0.1) is 11.6 Å². The lowest BCUT2D eigenvalue weighted by Gasteiger charge is -2.24. The standard InChI is InChI=1S/C19H21FNO3P.C18H20FN2O2P.CH3NO.CH4.I2.HI/c1-23-19(22)18-11-10-17(21(18)25)13-6-8-15(9-7-13)24-12-14-4-2-3-5-16(14)20;19-15-4-2-1-3-13(15)11-23-14-7-5-12(6-8-14)16-9-10-17(18(20)22)21(16)24;2-1-3;;1-2;/h2-9,17-18H,10-12,25H2,1H3;1-8,16-17H,9-11,24H2,(H2,20,22);1H,(H2,2,3);1H4;;1H/t17-,18+;16-,17+;;;;/m11..../s1. The van der Waals surface area contributed by atoms with E-state index in [0.717, 1.165) is 36.8 Å². The highest BCUT2D eigenvalue weighted by molar-refractivity contribution is 15.0. The number of nitrogens with two attached hydrogens (primary N) is 2. The second kappa shape index (κ2) is 27.4. The molecule has 0 spiro atoms. The second-order valence-electron chi connectivity index (χ2n) is 12.1. The van der Waals surface area contributed by atoms with Crippen molar-refractivity contribution in [2.75, 3.05) is 7.11 Å². The molecule has 0 aliphatic carbocycles. The number of primary amides is 2. The average Bonchev–Trinajstić information content (AvgIpc) is 3.78. The number of carbonyl (C=O) groups excluding carboxylic acids is 3. The molecule has 0 aromatic heterocycles. The third-order valence-electron chi connectivity index (χ3n) is 8.90. The highest BCUT2D eigenvalue weighted by Crippen LogP contribution is 2.40. The van der Waals surface area contributed by atoms with E-state index < -0.39 is 0 Å². The van der Waals surface area contributed by atoms with Crippen LogP contribution in [0.5, 0.6) is 11.5 Å². The summed E-state index contributed by atoms with van der Waals surface area (Å²) in [6, 6.07) is 28.4. The van der Waals surface area contributed by atoms with Crippen molar-refractivity contribution in [2.24, 2.45) is 11.5 Å². The molecule has 2 fully saturated rings. The maximum atomic E-state index is 13.6. The summed E-state index contributed by atoms with van der Waals surface area (Å²) in [7, 11) is 6.65. The molecule has 2 heterocycles. The van der Waals surface area contributed by atoms with E-state index in [1.165, 1.54) is 19.2 Å². The molecule has 2 aliphatic heterocycles. The van der Waals surface area contributed by atoms with E-state index >= 15 is 0 Å².